The number of nitro benzene ring substituents is 1. The number of halogens is 3. The second kappa shape index (κ2) is 10.6. The Hall–Kier alpha value is -2.89. The molecule has 0 aliphatic rings. The molecule has 1 amide bonds. The van der Waals surface area contributed by atoms with Crippen molar-refractivity contribution in [2.75, 3.05) is 11.1 Å². The van der Waals surface area contributed by atoms with Crippen molar-refractivity contribution >= 4 is 52.2 Å². The van der Waals surface area contributed by atoms with Crippen LogP contribution in [0.3, 0.4) is 0 Å². The number of hydrogen-bond acceptors (Lipinski definition) is 7. The van der Waals surface area contributed by atoms with Gasteiger partial charge in [0.05, 0.1) is 15.7 Å². The summed E-state index contributed by atoms with van der Waals surface area (Å²) in [6, 6.07) is 7.82. The first-order chi connectivity index (χ1) is 15.3. The van der Waals surface area contributed by atoms with E-state index in [1.54, 1.807) is 4.57 Å². The van der Waals surface area contributed by atoms with Gasteiger partial charge >= 0.3 is 0 Å². The molecule has 2 aromatic carbocycles. The first-order valence-corrected chi connectivity index (χ1v) is 10.9. The first-order valence-electron chi connectivity index (χ1n) is 9.15. The summed E-state index contributed by atoms with van der Waals surface area (Å²) in [6.07, 6.45) is 0. The van der Waals surface area contributed by atoms with Gasteiger partial charge in [-0.1, -0.05) is 35.0 Å². The highest BCUT2D eigenvalue weighted by molar-refractivity contribution is 7.99. The fraction of sp³-hybridized carbons (Fsp3) is 0.211. The number of amides is 1. The van der Waals surface area contributed by atoms with Crippen molar-refractivity contribution in [1.29, 1.82) is 0 Å². The zero-order chi connectivity index (χ0) is 23.3. The Kier molecular flexibility index (Phi) is 7.89. The molecule has 0 saturated heterocycles. The molecule has 0 aliphatic carbocycles. The molecule has 3 rings (SSSR count). The van der Waals surface area contributed by atoms with Crippen LogP contribution in [0.15, 0.2) is 41.6 Å². The van der Waals surface area contributed by atoms with Gasteiger partial charge in [-0.15, -0.1) is 10.2 Å². The molecule has 3 aromatic rings. The minimum absolute atomic E-state index is 0.000789. The molecule has 9 nitrogen and oxygen atoms in total. The van der Waals surface area contributed by atoms with Crippen molar-refractivity contribution in [3.05, 3.63) is 68.2 Å². The topological polar surface area (TPSA) is 112 Å². The normalized spacial score (nSPS) is 10.8. The molecule has 168 valence electrons. The number of nitrogens with zero attached hydrogens (tertiary/aromatic N) is 4. The number of anilines is 1. The maximum Gasteiger partial charge on any atom is 0.289 e. The molecule has 32 heavy (non-hydrogen) atoms. The van der Waals surface area contributed by atoms with Gasteiger partial charge in [0.2, 0.25) is 5.91 Å². The monoisotopic (exact) mass is 499 g/mol. The average Bonchev–Trinajstić information content (AvgIpc) is 3.14. The van der Waals surface area contributed by atoms with Crippen LogP contribution in [0.25, 0.3) is 0 Å². The lowest BCUT2D eigenvalue weighted by molar-refractivity contribution is -0.384. The minimum atomic E-state index is -0.626. The lowest BCUT2D eigenvalue weighted by atomic mass is 10.3. The highest BCUT2D eigenvalue weighted by atomic mass is 35.5. The SMILES string of the molecule is CCn1c(COc2ccc(F)cc2Cl)nnc1SCC(=O)Nc1ccc(Cl)c([N+](=O)[O-])c1. The summed E-state index contributed by atoms with van der Waals surface area (Å²) in [4.78, 5) is 22.6. The molecular weight excluding hydrogens is 484 g/mol. The van der Waals surface area contributed by atoms with Gasteiger partial charge in [0, 0.05) is 18.3 Å². The van der Waals surface area contributed by atoms with Crippen LogP contribution in [0.2, 0.25) is 10.0 Å². The number of ether oxygens (including phenoxy) is 1. The van der Waals surface area contributed by atoms with E-state index in [4.69, 9.17) is 27.9 Å². The van der Waals surface area contributed by atoms with E-state index in [0.717, 1.165) is 17.8 Å². The van der Waals surface area contributed by atoms with Crippen molar-refractivity contribution in [2.45, 2.75) is 25.2 Å². The van der Waals surface area contributed by atoms with Gasteiger partial charge in [0.25, 0.3) is 5.69 Å². The van der Waals surface area contributed by atoms with Gasteiger partial charge in [0.15, 0.2) is 11.0 Å². The minimum Gasteiger partial charge on any atom is -0.484 e. The third-order valence-corrected chi connectivity index (χ3v) is 5.70. The van der Waals surface area contributed by atoms with E-state index in [9.17, 15) is 19.3 Å². The number of benzene rings is 2. The van der Waals surface area contributed by atoms with Crippen LogP contribution >= 0.6 is 35.0 Å². The number of carbonyl (C=O) groups is 1. The van der Waals surface area contributed by atoms with Gasteiger partial charge in [-0.25, -0.2) is 4.39 Å². The highest BCUT2D eigenvalue weighted by Crippen LogP contribution is 2.28. The number of nitro groups is 1. The van der Waals surface area contributed by atoms with Crippen LogP contribution < -0.4 is 10.1 Å². The van der Waals surface area contributed by atoms with E-state index in [1.165, 1.54) is 30.3 Å². The average molecular weight is 500 g/mol. The van der Waals surface area contributed by atoms with Crippen LogP contribution in [0.5, 0.6) is 5.75 Å². The summed E-state index contributed by atoms with van der Waals surface area (Å²) in [6.45, 7) is 2.46. The lowest BCUT2D eigenvalue weighted by Gasteiger charge is -2.10. The molecule has 1 heterocycles. The molecule has 13 heteroatoms. The molecule has 0 spiro atoms. The van der Waals surface area contributed by atoms with Gasteiger partial charge in [-0.05, 0) is 37.3 Å². The standard InChI is InChI=1S/C19H16Cl2FN5O4S/c1-2-26-17(9-31-16-6-3-11(22)7-14(16)21)24-25-19(26)32-10-18(28)23-12-4-5-13(20)15(8-12)27(29)30/h3-8H,2,9-10H2,1H3,(H,23,28). The molecule has 1 aromatic heterocycles. The molecule has 0 fully saturated rings. The van der Waals surface area contributed by atoms with Gasteiger partial charge < -0.3 is 14.6 Å². The van der Waals surface area contributed by atoms with Crippen LogP contribution in [-0.2, 0) is 17.9 Å². The van der Waals surface area contributed by atoms with E-state index in [2.05, 4.69) is 15.5 Å². The third-order valence-electron chi connectivity index (χ3n) is 4.12. The van der Waals surface area contributed by atoms with E-state index in [-0.39, 0.29) is 39.7 Å². The van der Waals surface area contributed by atoms with E-state index < -0.39 is 10.7 Å². The largest absolute Gasteiger partial charge is 0.484 e. The van der Waals surface area contributed by atoms with Crippen LogP contribution in [-0.4, -0.2) is 31.3 Å². The van der Waals surface area contributed by atoms with Crippen molar-refractivity contribution in [3.8, 4) is 5.75 Å². The highest BCUT2D eigenvalue weighted by Gasteiger charge is 2.16. The Morgan fingerprint density at radius 3 is 2.72 bits per heavy atom. The molecule has 0 unspecified atom stereocenters. The summed E-state index contributed by atoms with van der Waals surface area (Å²) < 4.78 is 20.5. The van der Waals surface area contributed by atoms with Crippen molar-refractivity contribution in [2.24, 2.45) is 0 Å². The number of hydrogen-bond donors (Lipinski definition) is 1. The fourth-order valence-electron chi connectivity index (χ4n) is 2.64. The zero-order valence-electron chi connectivity index (χ0n) is 16.5. The smallest absolute Gasteiger partial charge is 0.289 e. The molecule has 0 aliphatic heterocycles. The number of carbonyl (C=O) groups excluding carboxylic acids is 1. The van der Waals surface area contributed by atoms with Gasteiger partial charge in [-0.2, -0.15) is 0 Å². The Morgan fingerprint density at radius 2 is 2.03 bits per heavy atom. The van der Waals surface area contributed by atoms with Crippen LogP contribution in [0.4, 0.5) is 15.8 Å². The maximum absolute atomic E-state index is 13.2. The Morgan fingerprint density at radius 1 is 1.25 bits per heavy atom. The maximum atomic E-state index is 13.2. The Labute approximate surface area is 196 Å². The molecule has 0 atom stereocenters. The Bertz CT molecular complexity index is 1160. The third kappa shape index (κ3) is 5.87. The predicted octanol–water partition coefficient (Wildman–Crippen LogP) is 4.96. The number of thioether (sulfide) groups is 1. The van der Waals surface area contributed by atoms with Crippen LogP contribution in [0.1, 0.15) is 12.7 Å². The fourth-order valence-corrected chi connectivity index (χ4v) is 3.87. The second-order valence-corrected chi connectivity index (χ2v) is 8.02. The molecule has 0 saturated carbocycles. The van der Waals surface area contributed by atoms with Gasteiger partial charge in [0.1, 0.15) is 23.2 Å². The molecule has 1 N–H and O–H groups in total. The van der Waals surface area contributed by atoms with Crippen molar-refractivity contribution < 1.29 is 18.8 Å². The molecule has 0 bridgehead atoms. The number of aromatic nitrogens is 3. The van der Waals surface area contributed by atoms with Gasteiger partial charge in [-0.3, -0.25) is 14.9 Å². The Balaban J connectivity index is 1.60. The van der Waals surface area contributed by atoms with Crippen molar-refractivity contribution in [3.63, 3.8) is 0 Å². The first kappa shape index (κ1) is 23.8. The van der Waals surface area contributed by atoms with Crippen LogP contribution in [0, 0.1) is 15.9 Å². The summed E-state index contributed by atoms with van der Waals surface area (Å²) in [5.41, 5.74) is -0.0392. The molecule has 0 radical (unpaired) electrons. The summed E-state index contributed by atoms with van der Waals surface area (Å²) >= 11 is 12.9. The quantitative estimate of drug-likeness (QED) is 0.251. The summed E-state index contributed by atoms with van der Waals surface area (Å²) in [5.74, 6) is -0.0370. The lowest BCUT2D eigenvalue weighted by Crippen LogP contribution is -2.15. The number of nitrogens with one attached hydrogen (secondary N) is 1. The predicted molar refractivity (Wildman–Crippen MR) is 119 cm³/mol. The molecular formula is C19H16Cl2FN5O4S. The van der Waals surface area contributed by atoms with E-state index >= 15 is 0 Å². The van der Waals surface area contributed by atoms with Crippen molar-refractivity contribution in [1.82, 2.24) is 14.8 Å². The summed E-state index contributed by atoms with van der Waals surface area (Å²) in [5, 5.41) is 22.3. The summed E-state index contributed by atoms with van der Waals surface area (Å²) in [7, 11) is 0. The second-order valence-electron chi connectivity index (χ2n) is 6.27. The number of rotatable bonds is 9. The van der Waals surface area contributed by atoms with E-state index in [1.807, 2.05) is 6.92 Å². The zero-order valence-corrected chi connectivity index (χ0v) is 18.9. The van der Waals surface area contributed by atoms with E-state index in [0.29, 0.717) is 23.3 Å².